The minimum Gasteiger partial charge on any atom is -0.308 e. The van der Waals surface area contributed by atoms with Crippen molar-refractivity contribution in [2.45, 2.75) is 69.5 Å². The van der Waals surface area contributed by atoms with Crippen LogP contribution in [-0.2, 0) is 0 Å². The molecule has 0 aromatic carbocycles. The molecule has 2 unspecified atom stereocenters. The van der Waals surface area contributed by atoms with Gasteiger partial charge in [-0.25, -0.2) is 0 Å². The lowest BCUT2D eigenvalue weighted by Gasteiger charge is -2.52. The first-order valence-electron chi connectivity index (χ1n) is 7.88. The summed E-state index contributed by atoms with van der Waals surface area (Å²) < 4.78 is 0. The number of nitrogens with one attached hydrogen (secondary N) is 1. The van der Waals surface area contributed by atoms with Crippen LogP contribution in [0.4, 0.5) is 0 Å². The van der Waals surface area contributed by atoms with Crippen LogP contribution in [0.3, 0.4) is 0 Å². The van der Waals surface area contributed by atoms with E-state index in [0.29, 0.717) is 5.54 Å². The van der Waals surface area contributed by atoms with Gasteiger partial charge in [-0.3, -0.25) is 4.90 Å². The first-order valence-corrected chi connectivity index (χ1v) is 9.03. The Labute approximate surface area is 116 Å². The molecule has 3 heteroatoms. The summed E-state index contributed by atoms with van der Waals surface area (Å²) in [6.45, 7) is 4.95. The van der Waals surface area contributed by atoms with Gasteiger partial charge in [0, 0.05) is 36.5 Å². The monoisotopic (exact) mass is 268 g/mol. The molecule has 1 saturated carbocycles. The lowest BCUT2D eigenvalue weighted by molar-refractivity contribution is 0.0341. The zero-order valence-electron chi connectivity index (χ0n) is 11.8. The Morgan fingerprint density at radius 2 is 2.00 bits per heavy atom. The largest absolute Gasteiger partial charge is 0.308 e. The fourth-order valence-corrected chi connectivity index (χ4v) is 5.25. The predicted molar refractivity (Wildman–Crippen MR) is 80.3 cm³/mol. The van der Waals surface area contributed by atoms with E-state index in [1.165, 1.54) is 69.5 Å². The van der Waals surface area contributed by atoms with Gasteiger partial charge < -0.3 is 5.32 Å². The molecule has 2 heterocycles. The molecule has 18 heavy (non-hydrogen) atoms. The summed E-state index contributed by atoms with van der Waals surface area (Å²) in [6.07, 6.45) is 10.0. The third-order valence-corrected chi connectivity index (χ3v) is 6.44. The highest BCUT2D eigenvalue weighted by Gasteiger charge is 2.40. The standard InChI is InChI=1S/C15H28N2S/c1-13-10-16-15(7-3-2-4-8-15)12-17(13)14-6-5-9-18-11-14/h13-14,16H,2-12H2,1H3. The Kier molecular flexibility index (Phi) is 4.21. The van der Waals surface area contributed by atoms with E-state index in [2.05, 4.69) is 28.9 Å². The van der Waals surface area contributed by atoms with Crippen LogP contribution in [0.2, 0.25) is 0 Å². The summed E-state index contributed by atoms with van der Waals surface area (Å²) in [7, 11) is 0. The highest BCUT2D eigenvalue weighted by atomic mass is 32.2. The van der Waals surface area contributed by atoms with E-state index in [-0.39, 0.29) is 0 Å². The Morgan fingerprint density at radius 3 is 2.72 bits per heavy atom. The van der Waals surface area contributed by atoms with Gasteiger partial charge in [0.05, 0.1) is 0 Å². The van der Waals surface area contributed by atoms with Crippen LogP contribution in [0.5, 0.6) is 0 Å². The Balaban J connectivity index is 1.67. The molecule has 0 bridgehead atoms. The van der Waals surface area contributed by atoms with Crippen molar-refractivity contribution in [2.75, 3.05) is 24.6 Å². The van der Waals surface area contributed by atoms with Gasteiger partial charge in [-0.2, -0.15) is 11.8 Å². The quantitative estimate of drug-likeness (QED) is 0.787. The average molecular weight is 268 g/mol. The zero-order chi connectivity index (χ0) is 12.4. The molecule has 2 atom stereocenters. The molecule has 0 aromatic rings. The summed E-state index contributed by atoms with van der Waals surface area (Å²) in [5.74, 6) is 2.77. The number of hydrogen-bond acceptors (Lipinski definition) is 3. The second kappa shape index (κ2) is 5.72. The molecule has 2 nitrogen and oxygen atoms in total. The zero-order valence-corrected chi connectivity index (χ0v) is 12.6. The fourth-order valence-electron chi connectivity index (χ4n) is 4.08. The molecule has 3 fully saturated rings. The van der Waals surface area contributed by atoms with Crippen LogP contribution >= 0.6 is 11.8 Å². The van der Waals surface area contributed by atoms with Crippen LogP contribution in [-0.4, -0.2) is 47.1 Å². The summed E-state index contributed by atoms with van der Waals surface area (Å²) in [5.41, 5.74) is 0.479. The van der Waals surface area contributed by atoms with Crippen LogP contribution in [0.25, 0.3) is 0 Å². The van der Waals surface area contributed by atoms with Gasteiger partial charge in [0.1, 0.15) is 0 Å². The Bertz CT molecular complexity index is 270. The van der Waals surface area contributed by atoms with Crippen molar-refractivity contribution >= 4 is 11.8 Å². The first kappa shape index (κ1) is 13.3. The summed E-state index contributed by atoms with van der Waals surface area (Å²) >= 11 is 2.17. The third kappa shape index (κ3) is 2.73. The average Bonchev–Trinajstić information content (AvgIpc) is 2.44. The molecular weight excluding hydrogens is 240 g/mol. The SMILES string of the molecule is CC1CNC2(CCCCC2)CN1C1CCCSC1. The molecule has 0 aromatic heterocycles. The molecule has 2 saturated heterocycles. The Morgan fingerprint density at radius 1 is 1.17 bits per heavy atom. The highest BCUT2D eigenvalue weighted by molar-refractivity contribution is 7.99. The molecule has 104 valence electrons. The summed E-state index contributed by atoms with van der Waals surface area (Å²) in [4.78, 5) is 2.86. The topological polar surface area (TPSA) is 15.3 Å². The predicted octanol–water partition coefficient (Wildman–Crippen LogP) is 2.88. The maximum atomic E-state index is 3.90. The lowest BCUT2D eigenvalue weighted by atomic mass is 9.79. The van der Waals surface area contributed by atoms with E-state index in [4.69, 9.17) is 0 Å². The molecule has 1 spiro atoms. The van der Waals surface area contributed by atoms with Gasteiger partial charge in [-0.1, -0.05) is 19.3 Å². The number of rotatable bonds is 1. The van der Waals surface area contributed by atoms with Gasteiger partial charge >= 0.3 is 0 Å². The van der Waals surface area contributed by atoms with Crippen molar-refractivity contribution in [2.24, 2.45) is 0 Å². The van der Waals surface area contributed by atoms with Gasteiger partial charge in [0.25, 0.3) is 0 Å². The molecule has 1 N–H and O–H groups in total. The second-order valence-corrected chi connectivity index (χ2v) is 7.76. The number of hydrogen-bond donors (Lipinski definition) is 1. The van der Waals surface area contributed by atoms with Crippen molar-refractivity contribution in [3.05, 3.63) is 0 Å². The van der Waals surface area contributed by atoms with E-state index in [0.717, 1.165) is 12.1 Å². The Hall–Kier alpha value is 0.270. The van der Waals surface area contributed by atoms with Crippen LogP contribution in [0.15, 0.2) is 0 Å². The van der Waals surface area contributed by atoms with Crippen molar-refractivity contribution in [1.82, 2.24) is 10.2 Å². The fraction of sp³-hybridized carbons (Fsp3) is 1.00. The van der Waals surface area contributed by atoms with E-state index >= 15 is 0 Å². The van der Waals surface area contributed by atoms with Crippen molar-refractivity contribution < 1.29 is 0 Å². The van der Waals surface area contributed by atoms with Gasteiger partial charge in [0.2, 0.25) is 0 Å². The van der Waals surface area contributed by atoms with Crippen molar-refractivity contribution in [3.8, 4) is 0 Å². The number of thioether (sulfide) groups is 1. The molecule has 3 rings (SSSR count). The van der Waals surface area contributed by atoms with E-state index in [1.807, 2.05) is 0 Å². The minimum atomic E-state index is 0.479. The second-order valence-electron chi connectivity index (χ2n) is 6.61. The smallest absolute Gasteiger partial charge is 0.0309 e. The summed E-state index contributed by atoms with van der Waals surface area (Å²) in [6, 6.07) is 1.60. The first-order chi connectivity index (χ1) is 8.79. The third-order valence-electron chi connectivity index (χ3n) is 5.24. The van der Waals surface area contributed by atoms with Gasteiger partial charge in [-0.15, -0.1) is 0 Å². The molecular formula is C15H28N2S. The summed E-state index contributed by atoms with van der Waals surface area (Å²) in [5, 5.41) is 3.90. The molecule has 0 amide bonds. The van der Waals surface area contributed by atoms with E-state index < -0.39 is 0 Å². The maximum Gasteiger partial charge on any atom is 0.0309 e. The molecule has 0 radical (unpaired) electrons. The number of piperazine rings is 1. The normalized spacial score (nSPS) is 37.8. The lowest BCUT2D eigenvalue weighted by Crippen LogP contribution is -2.66. The molecule has 3 aliphatic rings. The molecule has 2 aliphatic heterocycles. The van der Waals surface area contributed by atoms with Crippen LogP contribution in [0, 0.1) is 0 Å². The van der Waals surface area contributed by atoms with E-state index in [1.54, 1.807) is 0 Å². The van der Waals surface area contributed by atoms with Gasteiger partial charge in [-0.05, 0) is 38.4 Å². The maximum absolute atomic E-state index is 3.90. The van der Waals surface area contributed by atoms with Gasteiger partial charge in [0.15, 0.2) is 0 Å². The minimum absolute atomic E-state index is 0.479. The number of nitrogens with zero attached hydrogens (tertiary/aromatic N) is 1. The van der Waals surface area contributed by atoms with Crippen LogP contribution < -0.4 is 5.32 Å². The van der Waals surface area contributed by atoms with Crippen molar-refractivity contribution in [1.29, 1.82) is 0 Å². The van der Waals surface area contributed by atoms with E-state index in [9.17, 15) is 0 Å². The highest BCUT2D eigenvalue weighted by Crippen LogP contribution is 2.34. The molecule has 1 aliphatic carbocycles. The van der Waals surface area contributed by atoms with Crippen LogP contribution in [0.1, 0.15) is 51.9 Å². The van der Waals surface area contributed by atoms with Crippen molar-refractivity contribution in [3.63, 3.8) is 0 Å².